The highest BCUT2D eigenvalue weighted by atomic mass is 79.9. The number of carbonyl (C=O) groups excluding carboxylic acids is 2. The molecule has 0 N–H and O–H groups in total. The first kappa shape index (κ1) is 21.3. The van der Waals surface area contributed by atoms with Gasteiger partial charge in [0.25, 0.3) is 0 Å². The van der Waals surface area contributed by atoms with Gasteiger partial charge in [-0.25, -0.2) is 0 Å². The van der Waals surface area contributed by atoms with E-state index in [0.717, 1.165) is 20.5 Å². The van der Waals surface area contributed by atoms with Gasteiger partial charge in [0.15, 0.2) is 6.61 Å². The molecule has 0 aromatic heterocycles. The third kappa shape index (κ3) is 5.74. The van der Waals surface area contributed by atoms with Crippen molar-refractivity contribution in [2.75, 3.05) is 26.6 Å². The molecule has 0 heterocycles. The molecule has 0 aliphatic rings. The second-order valence-corrected chi connectivity index (χ2v) is 7.68. The summed E-state index contributed by atoms with van der Waals surface area (Å²) < 4.78 is 16.5. The predicted molar refractivity (Wildman–Crippen MR) is 109 cm³/mol. The number of esters is 1. The number of carbonyl (C=O) groups is 2. The second kappa shape index (κ2) is 9.80. The number of ketones is 1. The molecule has 0 bridgehead atoms. The standard InChI is InChI=1S/C20H21BrO5S/c1-12-8-19(13(2)7-16(12)21)27-11-20(23)26-10-17(22)15-9-14(24-3)5-6-18(15)25-4/h5-9H,10-11H2,1-4H3. The molecule has 7 heteroatoms. The van der Waals surface area contributed by atoms with Crippen molar-refractivity contribution in [1.82, 2.24) is 0 Å². The van der Waals surface area contributed by atoms with Gasteiger partial charge in [-0.15, -0.1) is 11.8 Å². The molecule has 27 heavy (non-hydrogen) atoms. The third-order valence-corrected chi connectivity index (χ3v) is 5.86. The summed E-state index contributed by atoms with van der Waals surface area (Å²) in [6.07, 6.45) is 0. The Balaban J connectivity index is 1.94. The molecule has 0 saturated carbocycles. The molecule has 0 aliphatic heterocycles. The third-order valence-electron chi connectivity index (χ3n) is 3.87. The van der Waals surface area contributed by atoms with Crippen LogP contribution in [0.5, 0.6) is 11.5 Å². The fourth-order valence-electron chi connectivity index (χ4n) is 2.34. The second-order valence-electron chi connectivity index (χ2n) is 5.81. The first-order chi connectivity index (χ1) is 12.8. The van der Waals surface area contributed by atoms with E-state index in [2.05, 4.69) is 15.9 Å². The van der Waals surface area contributed by atoms with E-state index in [1.54, 1.807) is 18.2 Å². The maximum absolute atomic E-state index is 12.4. The highest BCUT2D eigenvalue weighted by molar-refractivity contribution is 9.10. The van der Waals surface area contributed by atoms with Gasteiger partial charge < -0.3 is 14.2 Å². The van der Waals surface area contributed by atoms with Crippen molar-refractivity contribution < 1.29 is 23.8 Å². The van der Waals surface area contributed by atoms with Crippen LogP contribution in [0.1, 0.15) is 21.5 Å². The van der Waals surface area contributed by atoms with E-state index in [-0.39, 0.29) is 18.1 Å². The Labute approximate surface area is 171 Å². The van der Waals surface area contributed by atoms with Crippen LogP contribution >= 0.6 is 27.7 Å². The van der Waals surface area contributed by atoms with E-state index in [9.17, 15) is 9.59 Å². The number of thioether (sulfide) groups is 1. The number of benzene rings is 2. The van der Waals surface area contributed by atoms with Crippen molar-refractivity contribution in [2.24, 2.45) is 0 Å². The van der Waals surface area contributed by atoms with Gasteiger partial charge in [0.05, 0.1) is 25.5 Å². The van der Waals surface area contributed by atoms with Crippen molar-refractivity contribution in [1.29, 1.82) is 0 Å². The number of aryl methyl sites for hydroxylation is 2. The first-order valence-electron chi connectivity index (χ1n) is 8.16. The highest BCUT2D eigenvalue weighted by Crippen LogP contribution is 2.28. The molecular weight excluding hydrogens is 432 g/mol. The maximum Gasteiger partial charge on any atom is 0.316 e. The van der Waals surface area contributed by atoms with Crippen molar-refractivity contribution in [3.05, 3.63) is 51.5 Å². The fraction of sp³-hybridized carbons (Fsp3) is 0.300. The normalized spacial score (nSPS) is 10.4. The summed E-state index contributed by atoms with van der Waals surface area (Å²) in [4.78, 5) is 25.4. The summed E-state index contributed by atoms with van der Waals surface area (Å²) in [6.45, 7) is 3.63. The average Bonchev–Trinajstić information content (AvgIpc) is 2.67. The molecule has 0 spiro atoms. The van der Waals surface area contributed by atoms with Crippen LogP contribution in [0.2, 0.25) is 0 Å². The Kier molecular flexibility index (Phi) is 7.74. The summed E-state index contributed by atoms with van der Waals surface area (Å²) in [5, 5.41) is 0. The number of ether oxygens (including phenoxy) is 3. The largest absolute Gasteiger partial charge is 0.497 e. The smallest absolute Gasteiger partial charge is 0.316 e. The van der Waals surface area contributed by atoms with Gasteiger partial charge in [0.1, 0.15) is 11.5 Å². The molecule has 0 fully saturated rings. The molecule has 2 rings (SSSR count). The Morgan fingerprint density at radius 3 is 2.44 bits per heavy atom. The van der Waals surface area contributed by atoms with E-state index in [1.165, 1.54) is 26.0 Å². The van der Waals surface area contributed by atoms with Gasteiger partial charge >= 0.3 is 5.97 Å². The van der Waals surface area contributed by atoms with Crippen LogP contribution in [0.25, 0.3) is 0 Å². The zero-order valence-electron chi connectivity index (χ0n) is 15.6. The number of halogens is 1. The highest BCUT2D eigenvalue weighted by Gasteiger charge is 2.16. The van der Waals surface area contributed by atoms with Crippen molar-refractivity contribution in [2.45, 2.75) is 18.7 Å². The molecule has 0 atom stereocenters. The molecule has 0 amide bonds. The Morgan fingerprint density at radius 1 is 1.04 bits per heavy atom. The number of rotatable bonds is 8. The van der Waals surface area contributed by atoms with Gasteiger partial charge in [-0.3, -0.25) is 9.59 Å². The van der Waals surface area contributed by atoms with Gasteiger partial charge in [-0.1, -0.05) is 15.9 Å². The first-order valence-corrected chi connectivity index (χ1v) is 9.94. The Bertz CT molecular complexity index is 851. The number of hydrogen-bond acceptors (Lipinski definition) is 6. The molecule has 2 aromatic carbocycles. The van der Waals surface area contributed by atoms with E-state index in [4.69, 9.17) is 14.2 Å². The fourth-order valence-corrected chi connectivity index (χ4v) is 3.71. The van der Waals surface area contributed by atoms with Crippen molar-refractivity contribution >= 4 is 39.4 Å². The zero-order valence-corrected chi connectivity index (χ0v) is 18.0. The molecule has 5 nitrogen and oxygen atoms in total. The van der Waals surface area contributed by atoms with Gasteiger partial charge in [0, 0.05) is 9.37 Å². The minimum absolute atomic E-state index is 0.129. The number of Topliss-reactive ketones (excluding diaryl/α,β-unsaturated/α-hetero) is 1. The molecule has 0 saturated heterocycles. The minimum atomic E-state index is -0.449. The van der Waals surface area contributed by atoms with Crippen LogP contribution in [-0.4, -0.2) is 38.3 Å². The van der Waals surface area contributed by atoms with E-state index >= 15 is 0 Å². The van der Waals surface area contributed by atoms with Gasteiger partial charge in [-0.2, -0.15) is 0 Å². The van der Waals surface area contributed by atoms with Gasteiger partial charge in [0.2, 0.25) is 5.78 Å². The van der Waals surface area contributed by atoms with E-state index < -0.39 is 5.97 Å². The zero-order chi connectivity index (χ0) is 20.0. The van der Waals surface area contributed by atoms with Crippen LogP contribution in [0, 0.1) is 13.8 Å². The summed E-state index contributed by atoms with van der Waals surface area (Å²) >= 11 is 4.88. The van der Waals surface area contributed by atoms with Crippen LogP contribution in [-0.2, 0) is 9.53 Å². The summed E-state index contributed by atoms with van der Waals surface area (Å²) in [5.74, 6) is 0.272. The number of hydrogen-bond donors (Lipinski definition) is 0. The average molecular weight is 453 g/mol. The van der Waals surface area contributed by atoms with E-state index in [0.29, 0.717) is 17.1 Å². The summed E-state index contributed by atoms with van der Waals surface area (Å²) in [7, 11) is 2.99. The Morgan fingerprint density at radius 2 is 1.78 bits per heavy atom. The van der Waals surface area contributed by atoms with Crippen LogP contribution in [0.4, 0.5) is 0 Å². The SMILES string of the molecule is COc1ccc(OC)c(C(=O)COC(=O)CSc2cc(C)c(Br)cc2C)c1. The molecule has 0 unspecified atom stereocenters. The lowest BCUT2D eigenvalue weighted by Gasteiger charge is -2.11. The van der Waals surface area contributed by atoms with Gasteiger partial charge in [-0.05, 0) is 55.3 Å². The quantitative estimate of drug-likeness (QED) is 0.331. The maximum atomic E-state index is 12.4. The molecule has 0 radical (unpaired) electrons. The molecule has 0 aliphatic carbocycles. The molecular formula is C20H21BrO5S. The Hall–Kier alpha value is -1.99. The number of methoxy groups -OCH3 is 2. The lowest BCUT2D eigenvalue weighted by molar-refractivity contribution is -0.139. The van der Waals surface area contributed by atoms with E-state index in [1.807, 2.05) is 26.0 Å². The van der Waals surface area contributed by atoms with Crippen molar-refractivity contribution in [3.8, 4) is 11.5 Å². The predicted octanol–water partition coefficient (Wildman–Crippen LogP) is 4.60. The van der Waals surface area contributed by atoms with Crippen LogP contribution < -0.4 is 9.47 Å². The minimum Gasteiger partial charge on any atom is -0.497 e. The van der Waals surface area contributed by atoms with Crippen LogP contribution in [0.3, 0.4) is 0 Å². The van der Waals surface area contributed by atoms with Crippen LogP contribution in [0.15, 0.2) is 39.7 Å². The summed E-state index contributed by atoms with van der Waals surface area (Å²) in [5.41, 5.74) is 2.48. The lowest BCUT2D eigenvalue weighted by Crippen LogP contribution is -2.16. The molecule has 2 aromatic rings. The summed E-state index contributed by atoms with van der Waals surface area (Å²) in [6, 6.07) is 8.94. The lowest BCUT2D eigenvalue weighted by atomic mass is 10.1. The molecule has 144 valence electrons. The van der Waals surface area contributed by atoms with Crippen molar-refractivity contribution in [3.63, 3.8) is 0 Å². The topological polar surface area (TPSA) is 61.8 Å². The monoisotopic (exact) mass is 452 g/mol.